The number of ether oxygens (including phenoxy) is 1. The van der Waals surface area contributed by atoms with Gasteiger partial charge in [0.2, 0.25) is 0 Å². The van der Waals surface area contributed by atoms with Crippen molar-refractivity contribution in [2.45, 2.75) is 38.8 Å². The normalized spacial score (nSPS) is 17.2. The van der Waals surface area contributed by atoms with Gasteiger partial charge in [-0.05, 0) is 32.8 Å². The quantitative estimate of drug-likeness (QED) is 0.849. The van der Waals surface area contributed by atoms with E-state index in [1.165, 1.54) is 5.46 Å². The number of nitrogens with one attached hydrogen (secondary N) is 1. The highest BCUT2D eigenvalue weighted by Crippen LogP contribution is 2.21. The van der Waals surface area contributed by atoms with Crippen molar-refractivity contribution in [1.82, 2.24) is 15.3 Å². The summed E-state index contributed by atoms with van der Waals surface area (Å²) in [5.74, 6) is 0.833. The molecule has 1 aliphatic heterocycles. The fourth-order valence-corrected chi connectivity index (χ4v) is 3.06. The minimum Gasteiger partial charge on any atom is -0.444 e. The number of alkyl carbamates (subject to hydrolysis) is 1. The lowest BCUT2D eigenvalue weighted by Gasteiger charge is -2.22. The lowest BCUT2D eigenvalue weighted by molar-refractivity contribution is 0.0509. The number of anilines is 1. The molecule has 1 atom stereocenters. The van der Waals surface area contributed by atoms with Crippen LogP contribution in [0.1, 0.15) is 27.2 Å². The zero-order chi connectivity index (χ0) is 18.7. The van der Waals surface area contributed by atoms with Crippen LogP contribution in [-0.4, -0.2) is 48.6 Å². The van der Waals surface area contributed by atoms with E-state index in [0.717, 1.165) is 30.0 Å². The molecule has 1 saturated heterocycles. The van der Waals surface area contributed by atoms with Crippen molar-refractivity contribution in [3.8, 4) is 11.3 Å². The Balaban J connectivity index is 1.67. The Morgan fingerprint density at radius 3 is 2.81 bits per heavy atom. The fourth-order valence-electron chi connectivity index (χ4n) is 3.06. The summed E-state index contributed by atoms with van der Waals surface area (Å²) in [6, 6.07) is 8.20. The molecule has 7 heteroatoms. The van der Waals surface area contributed by atoms with Crippen LogP contribution in [0.3, 0.4) is 0 Å². The minimum atomic E-state index is -0.490. The Bertz CT molecular complexity index is 791. The maximum absolute atomic E-state index is 12.0. The van der Waals surface area contributed by atoms with Crippen molar-refractivity contribution < 1.29 is 9.53 Å². The molecular weight excluding hydrogens is 327 g/mol. The number of rotatable bonds is 3. The van der Waals surface area contributed by atoms with E-state index < -0.39 is 5.60 Å². The van der Waals surface area contributed by atoms with Crippen molar-refractivity contribution in [2.24, 2.45) is 0 Å². The van der Waals surface area contributed by atoms with Gasteiger partial charge in [0, 0.05) is 13.1 Å². The standard InChI is InChI=1S/C19H25BN4O2/c1-19(2,3)26-18(25)22-13-8-9-24(12-13)17-11-21-10-16(23-17)14-6-4-5-7-15(14)20/h4-7,10-11,13H,8-9,12,20H2,1-3H3,(H,22,25)/t13-/m1/s1. The van der Waals surface area contributed by atoms with Crippen LogP contribution in [0.2, 0.25) is 0 Å². The van der Waals surface area contributed by atoms with E-state index in [1.807, 2.05) is 32.9 Å². The minimum absolute atomic E-state index is 0.0498. The maximum atomic E-state index is 12.0. The first-order chi connectivity index (χ1) is 12.3. The molecule has 136 valence electrons. The third-order valence-corrected chi connectivity index (χ3v) is 4.28. The largest absolute Gasteiger partial charge is 0.444 e. The van der Waals surface area contributed by atoms with Crippen LogP contribution in [0.5, 0.6) is 0 Å². The highest BCUT2D eigenvalue weighted by Gasteiger charge is 2.27. The van der Waals surface area contributed by atoms with Gasteiger partial charge in [0.05, 0.1) is 24.1 Å². The summed E-state index contributed by atoms with van der Waals surface area (Å²) in [6.07, 6.45) is 4.05. The summed E-state index contributed by atoms with van der Waals surface area (Å²) in [7, 11) is 2.07. The highest BCUT2D eigenvalue weighted by atomic mass is 16.6. The van der Waals surface area contributed by atoms with Crippen molar-refractivity contribution in [2.75, 3.05) is 18.0 Å². The van der Waals surface area contributed by atoms with Crippen molar-refractivity contribution in [1.29, 1.82) is 0 Å². The molecule has 1 aliphatic rings. The van der Waals surface area contributed by atoms with Gasteiger partial charge < -0.3 is 15.0 Å². The van der Waals surface area contributed by atoms with Gasteiger partial charge in [-0.2, -0.15) is 0 Å². The predicted molar refractivity (Wildman–Crippen MR) is 106 cm³/mol. The molecular formula is C19H25BN4O2. The number of carbonyl (C=O) groups is 1. The average Bonchev–Trinajstić information content (AvgIpc) is 3.02. The van der Waals surface area contributed by atoms with Gasteiger partial charge in [0.25, 0.3) is 0 Å². The topological polar surface area (TPSA) is 67.4 Å². The maximum Gasteiger partial charge on any atom is 0.407 e. The lowest BCUT2D eigenvalue weighted by Crippen LogP contribution is -2.40. The lowest BCUT2D eigenvalue weighted by atomic mass is 9.89. The van der Waals surface area contributed by atoms with Gasteiger partial charge in [0.1, 0.15) is 19.3 Å². The van der Waals surface area contributed by atoms with Crippen LogP contribution < -0.4 is 15.7 Å². The van der Waals surface area contributed by atoms with Gasteiger partial charge in [-0.25, -0.2) is 9.78 Å². The first kappa shape index (κ1) is 18.2. The van der Waals surface area contributed by atoms with E-state index in [0.29, 0.717) is 6.54 Å². The number of amides is 1. The van der Waals surface area contributed by atoms with Crippen molar-refractivity contribution in [3.05, 3.63) is 36.7 Å². The van der Waals surface area contributed by atoms with Crippen LogP contribution in [0, 0.1) is 0 Å². The molecule has 3 rings (SSSR count). The molecule has 1 N–H and O–H groups in total. The van der Waals surface area contributed by atoms with Crippen LogP contribution in [0.25, 0.3) is 11.3 Å². The molecule has 1 amide bonds. The molecule has 0 unspecified atom stereocenters. The van der Waals surface area contributed by atoms with Gasteiger partial charge >= 0.3 is 6.09 Å². The van der Waals surface area contributed by atoms with E-state index in [1.54, 1.807) is 12.4 Å². The molecule has 2 heterocycles. The van der Waals surface area contributed by atoms with E-state index in [-0.39, 0.29) is 12.1 Å². The smallest absolute Gasteiger partial charge is 0.407 e. The number of hydrogen-bond acceptors (Lipinski definition) is 5. The Hall–Kier alpha value is -2.57. The molecule has 1 aromatic heterocycles. The summed E-state index contributed by atoms with van der Waals surface area (Å²) >= 11 is 0. The van der Waals surface area contributed by atoms with Crippen LogP contribution in [0.15, 0.2) is 36.7 Å². The first-order valence-corrected chi connectivity index (χ1v) is 8.94. The monoisotopic (exact) mass is 352 g/mol. The number of carbonyl (C=O) groups excluding carboxylic acids is 1. The number of nitrogens with zero attached hydrogens (tertiary/aromatic N) is 3. The fraction of sp³-hybridized carbons (Fsp3) is 0.421. The summed E-state index contributed by atoms with van der Waals surface area (Å²) < 4.78 is 5.33. The number of benzene rings is 1. The van der Waals surface area contributed by atoms with Gasteiger partial charge in [-0.1, -0.05) is 29.7 Å². The van der Waals surface area contributed by atoms with Crippen LogP contribution in [0.4, 0.5) is 10.6 Å². The van der Waals surface area contributed by atoms with Gasteiger partial charge in [-0.3, -0.25) is 4.98 Å². The van der Waals surface area contributed by atoms with Crippen LogP contribution in [-0.2, 0) is 4.74 Å². The Morgan fingerprint density at radius 1 is 1.31 bits per heavy atom. The zero-order valence-corrected chi connectivity index (χ0v) is 15.8. The molecule has 1 aromatic carbocycles. The molecule has 0 aliphatic carbocycles. The molecule has 0 saturated carbocycles. The van der Waals surface area contributed by atoms with E-state index in [4.69, 9.17) is 9.72 Å². The molecule has 6 nitrogen and oxygen atoms in total. The van der Waals surface area contributed by atoms with Crippen LogP contribution >= 0.6 is 0 Å². The second-order valence-electron chi connectivity index (χ2n) is 7.66. The van der Waals surface area contributed by atoms with E-state index in [2.05, 4.69) is 35.2 Å². The Kier molecular flexibility index (Phi) is 5.16. The Labute approximate surface area is 155 Å². The SMILES string of the molecule is Bc1ccccc1-c1cncc(N2CC[C@@H](NC(=O)OC(C)(C)C)C2)n1. The third-order valence-electron chi connectivity index (χ3n) is 4.28. The number of aromatic nitrogens is 2. The molecule has 0 bridgehead atoms. The van der Waals surface area contributed by atoms with Gasteiger partial charge in [-0.15, -0.1) is 0 Å². The molecule has 1 fully saturated rings. The summed E-state index contributed by atoms with van der Waals surface area (Å²) in [5, 5.41) is 2.94. The highest BCUT2D eigenvalue weighted by molar-refractivity contribution is 6.35. The zero-order valence-electron chi connectivity index (χ0n) is 15.8. The van der Waals surface area contributed by atoms with E-state index in [9.17, 15) is 4.79 Å². The predicted octanol–water partition coefficient (Wildman–Crippen LogP) is 1.51. The second-order valence-corrected chi connectivity index (χ2v) is 7.66. The Morgan fingerprint density at radius 2 is 2.08 bits per heavy atom. The second kappa shape index (κ2) is 7.36. The van der Waals surface area contributed by atoms with E-state index >= 15 is 0 Å². The first-order valence-electron chi connectivity index (χ1n) is 8.94. The average molecular weight is 352 g/mol. The summed E-state index contributed by atoms with van der Waals surface area (Å²) in [5.41, 5.74) is 2.63. The van der Waals surface area contributed by atoms with Crippen molar-refractivity contribution in [3.63, 3.8) is 0 Å². The number of hydrogen-bond donors (Lipinski definition) is 1. The summed E-state index contributed by atoms with van der Waals surface area (Å²) in [4.78, 5) is 23.2. The molecule has 0 spiro atoms. The van der Waals surface area contributed by atoms with Gasteiger partial charge in [0.15, 0.2) is 0 Å². The molecule has 2 aromatic rings. The third kappa shape index (κ3) is 4.53. The van der Waals surface area contributed by atoms with Crippen molar-refractivity contribution >= 4 is 25.2 Å². The molecule has 26 heavy (non-hydrogen) atoms. The summed E-state index contributed by atoms with van der Waals surface area (Å²) in [6.45, 7) is 7.11. The molecule has 0 radical (unpaired) electrons.